The Morgan fingerprint density at radius 2 is 2.38 bits per heavy atom. The lowest BCUT2D eigenvalue weighted by molar-refractivity contribution is -0.115. The molecule has 0 fully saturated rings. The normalized spacial score (nSPS) is 17.2. The maximum Gasteiger partial charge on any atom is 0.155 e. The third-order valence-electron chi connectivity index (χ3n) is 2.10. The van der Waals surface area contributed by atoms with E-state index in [0.29, 0.717) is 6.42 Å². The average Bonchev–Trinajstić information content (AvgIpc) is 2.57. The SMILES string of the molecule is O=C1C=C(Cc2cnsn2)CCC1. The van der Waals surface area contributed by atoms with Gasteiger partial charge in [0, 0.05) is 12.8 Å². The van der Waals surface area contributed by atoms with Crippen LogP contribution in [0.15, 0.2) is 17.8 Å². The van der Waals surface area contributed by atoms with Crippen LogP contribution in [0.1, 0.15) is 25.0 Å². The molecule has 0 spiro atoms. The van der Waals surface area contributed by atoms with Gasteiger partial charge in [-0.2, -0.15) is 8.75 Å². The van der Waals surface area contributed by atoms with E-state index in [9.17, 15) is 4.79 Å². The Labute approximate surface area is 80.8 Å². The first-order chi connectivity index (χ1) is 6.34. The van der Waals surface area contributed by atoms with Gasteiger partial charge in [0.2, 0.25) is 0 Å². The summed E-state index contributed by atoms with van der Waals surface area (Å²) in [6, 6.07) is 0. The Bertz CT molecular complexity index is 329. The Hall–Kier alpha value is -1.03. The second-order valence-electron chi connectivity index (χ2n) is 3.20. The van der Waals surface area contributed by atoms with E-state index in [4.69, 9.17) is 0 Å². The lowest BCUT2D eigenvalue weighted by Gasteiger charge is -2.09. The van der Waals surface area contributed by atoms with Crippen LogP contribution in [0, 0.1) is 0 Å². The molecule has 1 aromatic heterocycles. The van der Waals surface area contributed by atoms with Gasteiger partial charge in [-0.25, -0.2) is 0 Å². The second kappa shape index (κ2) is 3.79. The van der Waals surface area contributed by atoms with Crippen molar-refractivity contribution in [2.24, 2.45) is 0 Å². The third kappa shape index (κ3) is 2.21. The van der Waals surface area contributed by atoms with E-state index in [1.807, 2.05) is 0 Å². The van der Waals surface area contributed by atoms with Crippen molar-refractivity contribution in [2.75, 3.05) is 0 Å². The van der Waals surface area contributed by atoms with Gasteiger partial charge in [0.1, 0.15) is 0 Å². The molecule has 4 heteroatoms. The molecule has 1 aliphatic carbocycles. The minimum Gasteiger partial charge on any atom is -0.295 e. The van der Waals surface area contributed by atoms with Gasteiger partial charge < -0.3 is 0 Å². The molecule has 0 atom stereocenters. The minimum atomic E-state index is 0.254. The van der Waals surface area contributed by atoms with E-state index >= 15 is 0 Å². The smallest absolute Gasteiger partial charge is 0.155 e. The lowest BCUT2D eigenvalue weighted by atomic mass is 9.95. The first-order valence-electron chi connectivity index (χ1n) is 4.33. The second-order valence-corrected chi connectivity index (χ2v) is 3.75. The summed E-state index contributed by atoms with van der Waals surface area (Å²) in [5.74, 6) is 0.254. The number of hydrogen-bond donors (Lipinski definition) is 0. The van der Waals surface area contributed by atoms with Crippen molar-refractivity contribution in [3.05, 3.63) is 23.5 Å². The topological polar surface area (TPSA) is 42.9 Å². The van der Waals surface area contributed by atoms with Gasteiger partial charge >= 0.3 is 0 Å². The predicted molar refractivity (Wildman–Crippen MR) is 50.6 cm³/mol. The predicted octanol–water partition coefficient (Wildman–Crippen LogP) is 1.76. The Morgan fingerprint density at radius 1 is 1.46 bits per heavy atom. The van der Waals surface area contributed by atoms with Gasteiger partial charge in [0.05, 0.1) is 23.6 Å². The van der Waals surface area contributed by atoms with E-state index in [2.05, 4.69) is 8.75 Å². The monoisotopic (exact) mass is 194 g/mol. The number of hydrogen-bond acceptors (Lipinski definition) is 4. The van der Waals surface area contributed by atoms with Crippen molar-refractivity contribution < 1.29 is 4.79 Å². The highest BCUT2D eigenvalue weighted by Gasteiger charge is 2.10. The van der Waals surface area contributed by atoms with Crippen LogP contribution in [0.4, 0.5) is 0 Å². The third-order valence-corrected chi connectivity index (χ3v) is 2.62. The van der Waals surface area contributed by atoms with E-state index in [1.54, 1.807) is 12.3 Å². The maximum absolute atomic E-state index is 11.1. The van der Waals surface area contributed by atoms with Crippen molar-refractivity contribution in [2.45, 2.75) is 25.7 Å². The molecule has 0 N–H and O–H groups in total. The molecule has 2 rings (SSSR count). The van der Waals surface area contributed by atoms with E-state index < -0.39 is 0 Å². The molecular formula is C9H10N2OS. The van der Waals surface area contributed by atoms with E-state index in [0.717, 1.165) is 25.0 Å². The average molecular weight is 194 g/mol. The zero-order chi connectivity index (χ0) is 9.10. The van der Waals surface area contributed by atoms with E-state index in [-0.39, 0.29) is 5.78 Å². The van der Waals surface area contributed by atoms with Crippen LogP contribution in [0.5, 0.6) is 0 Å². The zero-order valence-electron chi connectivity index (χ0n) is 7.19. The first-order valence-corrected chi connectivity index (χ1v) is 5.06. The summed E-state index contributed by atoms with van der Waals surface area (Å²) >= 11 is 1.22. The molecule has 0 amide bonds. The van der Waals surface area contributed by atoms with Gasteiger partial charge in [-0.1, -0.05) is 5.57 Å². The van der Waals surface area contributed by atoms with Crippen LogP contribution in [-0.4, -0.2) is 14.5 Å². The molecule has 1 aliphatic rings. The molecule has 0 saturated heterocycles. The molecule has 13 heavy (non-hydrogen) atoms. The minimum absolute atomic E-state index is 0.254. The van der Waals surface area contributed by atoms with Crippen LogP contribution < -0.4 is 0 Å². The van der Waals surface area contributed by atoms with Crippen molar-refractivity contribution in [1.82, 2.24) is 8.75 Å². The van der Waals surface area contributed by atoms with Gasteiger partial charge in [0.25, 0.3) is 0 Å². The van der Waals surface area contributed by atoms with Crippen molar-refractivity contribution in [3.63, 3.8) is 0 Å². The van der Waals surface area contributed by atoms with Crippen LogP contribution in [0.25, 0.3) is 0 Å². The van der Waals surface area contributed by atoms with Gasteiger partial charge in [-0.15, -0.1) is 0 Å². The molecule has 0 aliphatic heterocycles. The number of aromatic nitrogens is 2. The summed E-state index contributed by atoms with van der Waals surface area (Å²) in [4.78, 5) is 11.1. The maximum atomic E-state index is 11.1. The fraction of sp³-hybridized carbons (Fsp3) is 0.444. The molecule has 0 unspecified atom stereocenters. The summed E-state index contributed by atoms with van der Waals surface area (Å²) < 4.78 is 8.04. The highest BCUT2D eigenvalue weighted by atomic mass is 32.1. The largest absolute Gasteiger partial charge is 0.295 e. The molecule has 68 valence electrons. The lowest BCUT2D eigenvalue weighted by Crippen LogP contribution is -2.04. The van der Waals surface area contributed by atoms with E-state index in [1.165, 1.54) is 17.3 Å². The van der Waals surface area contributed by atoms with Gasteiger partial charge in [-0.05, 0) is 18.9 Å². The fourth-order valence-corrected chi connectivity index (χ4v) is 1.93. The van der Waals surface area contributed by atoms with Crippen LogP contribution >= 0.6 is 11.7 Å². The van der Waals surface area contributed by atoms with Crippen LogP contribution in [-0.2, 0) is 11.2 Å². The molecule has 0 radical (unpaired) electrons. The number of allylic oxidation sites excluding steroid dienone is 2. The molecular weight excluding hydrogens is 184 g/mol. The van der Waals surface area contributed by atoms with Crippen LogP contribution in [0.3, 0.4) is 0 Å². The number of rotatable bonds is 2. The number of carbonyl (C=O) groups excluding carboxylic acids is 1. The van der Waals surface area contributed by atoms with Crippen molar-refractivity contribution in [1.29, 1.82) is 0 Å². The fourth-order valence-electron chi connectivity index (χ4n) is 1.50. The quantitative estimate of drug-likeness (QED) is 0.720. The highest BCUT2D eigenvalue weighted by Crippen LogP contribution is 2.18. The number of ketones is 1. The molecule has 0 bridgehead atoms. The Balaban J connectivity index is 2.06. The van der Waals surface area contributed by atoms with Crippen molar-refractivity contribution >= 4 is 17.5 Å². The zero-order valence-corrected chi connectivity index (χ0v) is 8.01. The molecule has 1 aromatic rings. The molecule has 0 aromatic carbocycles. The molecule has 0 saturated carbocycles. The van der Waals surface area contributed by atoms with Gasteiger partial charge in [-0.3, -0.25) is 4.79 Å². The van der Waals surface area contributed by atoms with Crippen molar-refractivity contribution in [3.8, 4) is 0 Å². The molecule has 1 heterocycles. The highest BCUT2D eigenvalue weighted by molar-refractivity contribution is 6.99. The number of nitrogens with zero attached hydrogens (tertiary/aromatic N) is 2. The summed E-state index contributed by atoms with van der Waals surface area (Å²) in [5.41, 5.74) is 2.18. The standard InChI is InChI=1S/C9H10N2OS/c12-9-3-1-2-7(5-9)4-8-6-10-13-11-8/h5-6H,1-4H2. The Kier molecular flexibility index (Phi) is 2.49. The first kappa shape index (κ1) is 8.56. The number of carbonyl (C=O) groups is 1. The summed E-state index contributed by atoms with van der Waals surface area (Å²) in [6.07, 6.45) is 7.06. The summed E-state index contributed by atoms with van der Waals surface area (Å²) in [6.45, 7) is 0. The van der Waals surface area contributed by atoms with Crippen LogP contribution in [0.2, 0.25) is 0 Å². The summed E-state index contributed by atoms with van der Waals surface area (Å²) in [7, 11) is 0. The Morgan fingerprint density at radius 3 is 3.08 bits per heavy atom. The molecule has 3 nitrogen and oxygen atoms in total. The van der Waals surface area contributed by atoms with Gasteiger partial charge in [0.15, 0.2) is 5.78 Å². The summed E-state index contributed by atoms with van der Waals surface area (Å²) in [5, 5.41) is 0.